The average molecular weight is 561 g/mol. The van der Waals surface area contributed by atoms with Crippen LogP contribution in [0.1, 0.15) is 48.2 Å². The van der Waals surface area contributed by atoms with Crippen LogP contribution in [0.25, 0.3) is 16.7 Å². The molecule has 10 heteroatoms. The first-order chi connectivity index (χ1) is 19.4. The van der Waals surface area contributed by atoms with E-state index in [9.17, 15) is 14.7 Å². The highest BCUT2D eigenvalue weighted by molar-refractivity contribution is 6.30. The van der Waals surface area contributed by atoms with Crippen LogP contribution in [0.4, 0.5) is 5.82 Å². The van der Waals surface area contributed by atoms with Crippen LogP contribution < -0.4 is 15.9 Å². The third-order valence-electron chi connectivity index (χ3n) is 8.23. The van der Waals surface area contributed by atoms with Gasteiger partial charge in [-0.15, -0.1) is 0 Å². The molecule has 4 heterocycles. The minimum absolute atomic E-state index is 0.0771. The molecular formula is C30H33ClN6O3. The van der Waals surface area contributed by atoms with Gasteiger partial charge in [0.1, 0.15) is 5.82 Å². The predicted octanol–water partition coefficient (Wildman–Crippen LogP) is 4.10. The number of anilines is 1. The summed E-state index contributed by atoms with van der Waals surface area (Å²) in [6.45, 7) is 3.78. The van der Waals surface area contributed by atoms with Gasteiger partial charge in [-0.3, -0.25) is 18.9 Å². The molecule has 0 spiro atoms. The van der Waals surface area contributed by atoms with Crippen LogP contribution >= 0.6 is 11.6 Å². The topological polar surface area (TPSA) is 105 Å². The number of halogens is 1. The minimum Gasteiger partial charge on any atom is -0.391 e. The lowest BCUT2D eigenvalue weighted by Crippen LogP contribution is -2.39. The van der Waals surface area contributed by atoms with Crippen molar-refractivity contribution in [3.05, 3.63) is 81.6 Å². The van der Waals surface area contributed by atoms with E-state index in [4.69, 9.17) is 11.6 Å². The number of pyridine rings is 2. The van der Waals surface area contributed by atoms with Gasteiger partial charge in [0.15, 0.2) is 0 Å². The van der Waals surface area contributed by atoms with E-state index in [2.05, 4.69) is 20.2 Å². The van der Waals surface area contributed by atoms with Crippen LogP contribution in [-0.2, 0) is 6.54 Å². The first-order valence-corrected chi connectivity index (χ1v) is 14.3. The summed E-state index contributed by atoms with van der Waals surface area (Å²) >= 11 is 6.05. The smallest absolute Gasteiger partial charge is 0.333 e. The number of fused-ring (bicyclic) bond motifs is 1. The summed E-state index contributed by atoms with van der Waals surface area (Å²) in [5, 5.41) is 13.5. The lowest BCUT2D eigenvalue weighted by Gasteiger charge is -2.29. The Kier molecular flexibility index (Phi) is 7.33. The van der Waals surface area contributed by atoms with Crippen LogP contribution in [0.5, 0.6) is 0 Å². The van der Waals surface area contributed by atoms with E-state index >= 15 is 0 Å². The van der Waals surface area contributed by atoms with Crippen LogP contribution in [0, 0.1) is 12.8 Å². The Labute approximate surface area is 237 Å². The number of rotatable bonds is 6. The fourth-order valence-electron chi connectivity index (χ4n) is 6.03. The first kappa shape index (κ1) is 26.5. The monoisotopic (exact) mass is 560 g/mol. The second-order valence-electron chi connectivity index (χ2n) is 11.0. The lowest BCUT2D eigenvalue weighted by atomic mass is 9.85. The molecule has 1 aromatic carbocycles. The second-order valence-corrected chi connectivity index (χ2v) is 11.4. The number of amides is 1. The summed E-state index contributed by atoms with van der Waals surface area (Å²) in [6, 6.07) is 13.5. The van der Waals surface area contributed by atoms with E-state index in [1.807, 2.05) is 41.0 Å². The van der Waals surface area contributed by atoms with Crippen LogP contribution in [0.15, 0.2) is 59.7 Å². The van der Waals surface area contributed by atoms with E-state index in [1.54, 1.807) is 30.0 Å². The number of carbonyl (C=O) groups is 1. The summed E-state index contributed by atoms with van der Waals surface area (Å²) < 4.78 is 3.61. The van der Waals surface area contributed by atoms with Crippen molar-refractivity contribution in [3.63, 3.8) is 0 Å². The van der Waals surface area contributed by atoms with Crippen molar-refractivity contribution in [1.29, 1.82) is 0 Å². The van der Waals surface area contributed by atoms with Gasteiger partial charge in [0, 0.05) is 31.9 Å². The number of imidazole rings is 1. The van der Waals surface area contributed by atoms with E-state index < -0.39 is 0 Å². The van der Waals surface area contributed by atoms with Crippen molar-refractivity contribution in [2.75, 3.05) is 18.0 Å². The van der Waals surface area contributed by atoms with E-state index in [0.717, 1.165) is 61.2 Å². The molecular weight excluding hydrogens is 528 g/mol. The zero-order valence-electron chi connectivity index (χ0n) is 22.5. The zero-order chi connectivity index (χ0) is 27.8. The predicted molar refractivity (Wildman–Crippen MR) is 155 cm³/mol. The van der Waals surface area contributed by atoms with Crippen molar-refractivity contribution in [3.8, 4) is 5.69 Å². The lowest BCUT2D eigenvalue weighted by molar-refractivity contribution is 0.0919. The molecule has 1 saturated heterocycles. The number of aliphatic hydroxyl groups excluding tert-OH is 1. The number of aliphatic hydroxyl groups is 1. The highest BCUT2D eigenvalue weighted by Gasteiger charge is 2.26. The highest BCUT2D eigenvalue weighted by atomic mass is 35.5. The number of benzene rings is 1. The number of carbonyl (C=O) groups excluding carboxylic acids is 1. The number of hydrogen-bond acceptors (Lipinski definition) is 6. The van der Waals surface area contributed by atoms with Crippen LogP contribution in [0.3, 0.4) is 0 Å². The van der Waals surface area contributed by atoms with Crippen molar-refractivity contribution in [1.82, 2.24) is 24.4 Å². The van der Waals surface area contributed by atoms with Crippen LogP contribution in [0.2, 0.25) is 5.02 Å². The maximum Gasteiger partial charge on any atom is 0.333 e. The number of aryl methyl sites for hydroxylation is 1. The molecule has 2 N–H and O–H groups in total. The van der Waals surface area contributed by atoms with Crippen molar-refractivity contribution in [2.24, 2.45) is 5.92 Å². The number of hydrogen-bond donors (Lipinski definition) is 2. The number of nitrogens with one attached hydrogen (secondary N) is 1. The van der Waals surface area contributed by atoms with Gasteiger partial charge < -0.3 is 15.3 Å². The molecule has 2 fully saturated rings. The summed E-state index contributed by atoms with van der Waals surface area (Å²) in [6.07, 6.45) is 7.25. The first-order valence-electron chi connectivity index (χ1n) is 13.9. The van der Waals surface area contributed by atoms with Crippen molar-refractivity contribution in [2.45, 2.75) is 57.7 Å². The molecule has 4 aromatic rings. The Hall–Kier alpha value is -3.69. The number of para-hydroxylation sites is 2. The van der Waals surface area contributed by atoms with Gasteiger partial charge in [0.05, 0.1) is 45.3 Å². The molecule has 1 aliphatic carbocycles. The normalized spacial score (nSPS) is 21.2. The fraction of sp³-hybridized carbons (Fsp3) is 0.400. The number of aromatic nitrogens is 4. The molecule has 6 rings (SSSR count). The molecule has 208 valence electrons. The SMILES string of the molecule is Cc1ncc(Cl)cc1C(=O)N[C@H]1CC[C@H](Cn2c(=O)n(-c3ccc(N4CC[C@@H](O)C4)nc3)c3ccccc32)CC1. The third-order valence-corrected chi connectivity index (χ3v) is 8.44. The zero-order valence-corrected chi connectivity index (χ0v) is 23.2. The molecule has 1 amide bonds. The van der Waals surface area contributed by atoms with Gasteiger partial charge in [0.25, 0.3) is 5.91 Å². The summed E-state index contributed by atoms with van der Waals surface area (Å²) in [4.78, 5) is 37.4. The van der Waals surface area contributed by atoms with Gasteiger partial charge in [-0.05, 0) is 75.3 Å². The second kappa shape index (κ2) is 11.1. The molecule has 40 heavy (non-hydrogen) atoms. The van der Waals surface area contributed by atoms with Gasteiger partial charge in [-0.25, -0.2) is 9.78 Å². The Morgan fingerprint density at radius 3 is 2.52 bits per heavy atom. The highest BCUT2D eigenvalue weighted by Crippen LogP contribution is 2.28. The van der Waals surface area contributed by atoms with Gasteiger partial charge in [-0.1, -0.05) is 23.7 Å². The molecule has 9 nitrogen and oxygen atoms in total. The Morgan fingerprint density at radius 2 is 1.82 bits per heavy atom. The van der Waals surface area contributed by atoms with Crippen molar-refractivity contribution >= 4 is 34.4 Å². The van der Waals surface area contributed by atoms with Gasteiger partial charge in [0.2, 0.25) is 0 Å². The molecule has 0 radical (unpaired) electrons. The number of β-amino-alcohol motifs (C(OH)–C–C–N with tert-alkyl or cyclic N) is 1. The van der Waals surface area contributed by atoms with Crippen molar-refractivity contribution < 1.29 is 9.90 Å². The minimum atomic E-state index is -0.321. The van der Waals surface area contributed by atoms with E-state index in [0.29, 0.717) is 35.3 Å². The van der Waals surface area contributed by atoms with E-state index in [1.165, 1.54) is 0 Å². The van der Waals surface area contributed by atoms with Crippen LogP contribution in [-0.4, -0.2) is 55.4 Å². The molecule has 1 atom stereocenters. The summed E-state index contributed by atoms with van der Waals surface area (Å²) in [7, 11) is 0. The molecule has 3 aromatic heterocycles. The maximum absolute atomic E-state index is 13.8. The Morgan fingerprint density at radius 1 is 1.05 bits per heavy atom. The summed E-state index contributed by atoms with van der Waals surface area (Å²) in [5.41, 5.74) is 3.57. The average Bonchev–Trinajstić information content (AvgIpc) is 3.52. The van der Waals surface area contributed by atoms with Gasteiger partial charge in [-0.2, -0.15) is 0 Å². The third kappa shape index (κ3) is 5.23. The largest absolute Gasteiger partial charge is 0.391 e. The molecule has 1 saturated carbocycles. The Bertz CT molecular complexity index is 1590. The van der Waals surface area contributed by atoms with Gasteiger partial charge >= 0.3 is 5.69 Å². The quantitative estimate of drug-likeness (QED) is 0.368. The Balaban J connectivity index is 1.16. The van der Waals surface area contributed by atoms with E-state index in [-0.39, 0.29) is 23.7 Å². The molecule has 0 unspecified atom stereocenters. The maximum atomic E-state index is 13.8. The molecule has 2 aliphatic rings. The number of nitrogens with zero attached hydrogens (tertiary/aromatic N) is 5. The molecule has 1 aliphatic heterocycles. The standard InChI is InChI=1S/C30H33ClN6O3/c1-19-25(14-21(31)15-32-19)29(39)34-22-8-6-20(7-9-22)17-36-26-4-2-3-5-27(26)37(30(36)40)23-10-11-28(33-16-23)35-13-12-24(38)18-35/h2-5,10-11,14-16,20,22,24,38H,6-9,12-13,17-18H2,1H3,(H,34,39)/t20-,22-,24-/m1/s1. The fourth-order valence-corrected chi connectivity index (χ4v) is 6.19. The molecule has 0 bridgehead atoms. The summed E-state index contributed by atoms with van der Waals surface area (Å²) in [5.74, 6) is 1.00.